The second-order valence-electron chi connectivity index (χ2n) is 7.51. The zero-order valence-corrected chi connectivity index (χ0v) is 18.0. The van der Waals surface area contributed by atoms with Crippen LogP contribution < -0.4 is 5.73 Å². The van der Waals surface area contributed by atoms with Crippen LogP contribution in [0.15, 0.2) is 58.2 Å². The third kappa shape index (κ3) is 4.83. The van der Waals surface area contributed by atoms with Gasteiger partial charge in [-0.25, -0.2) is 4.39 Å². The van der Waals surface area contributed by atoms with Gasteiger partial charge in [0.15, 0.2) is 12.4 Å². The molecule has 4 aromatic rings. The van der Waals surface area contributed by atoms with Gasteiger partial charge < -0.3 is 15.1 Å². The molecule has 8 nitrogen and oxygen atoms in total. The molecule has 0 fully saturated rings. The highest BCUT2D eigenvalue weighted by Crippen LogP contribution is 2.19. The number of rotatable bonds is 7. The number of oxime groups is 1. The maximum atomic E-state index is 13.7. The van der Waals surface area contributed by atoms with Gasteiger partial charge in [0.25, 0.3) is 5.89 Å². The molecule has 0 spiro atoms. The first kappa shape index (κ1) is 21.2. The van der Waals surface area contributed by atoms with Gasteiger partial charge in [0.2, 0.25) is 5.82 Å². The van der Waals surface area contributed by atoms with Crippen molar-refractivity contribution in [1.29, 1.82) is 0 Å². The molecule has 0 radical (unpaired) electrons. The number of amidine groups is 1. The van der Waals surface area contributed by atoms with Gasteiger partial charge in [0, 0.05) is 16.8 Å². The van der Waals surface area contributed by atoms with E-state index in [0.29, 0.717) is 17.7 Å². The normalized spacial score (nSPS) is 11.7. The van der Waals surface area contributed by atoms with Crippen LogP contribution in [0, 0.1) is 26.6 Å². The van der Waals surface area contributed by atoms with E-state index in [4.69, 9.17) is 15.1 Å². The number of benzene rings is 2. The number of aryl methyl sites for hydroxylation is 3. The van der Waals surface area contributed by atoms with E-state index in [0.717, 1.165) is 22.5 Å². The summed E-state index contributed by atoms with van der Waals surface area (Å²) in [5, 5.41) is 12.3. The molecule has 0 atom stereocenters. The lowest BCUT2D eigenvalue weighted by atomic mass is 10.1. The van der Waals surface area contributed by atoms with Crippen molar-refractivity contribution in [1.82, 2.24) is 19.9 Å². The standard InChI is InChI=1S/C23H23FN6O2/c1-14-7-8-19(11-20(14)24)23-26-21(32-29-23)13-31-28-22(25)18-6-4-5-17(10-18)12-30-16(3)9-15(2)27-30/h4-11H,12-13H2,1-3H3,(H2,25,28). The number of halogens is 1. The van der Waals surface area contributed by atoms with Crippen LogP contribution in [-0.4, -0.2) is 25.8 Å². The van der Waals surface area contributed by atoms with E-state index >= 15 is 0 Å². The summed E-state index contributed by atoms with van der Waals surface area (Å²) in [4.78, 5) is 9.49. The van der Waals surface area contributed by atoms with Gasteiger partial charge in [-0.1, -0.05) is 40.6 Å². The van der Waals surface area contributed by atoms with Gasteiger partial charge in [0.05, 0.1) is 12.2 Å². The highest BCUT2D eigenvalue weighted by Gasteiger charge is 2.11. The second kappa shape index (κ2) is 9.01. The molecule has 0 aliphatic rings. The van der Waals surface area contributed by atoms with Gasteiger partial charge in [0.1, 0.15) is 5.82 Å². The molecule has 0 aliphatic heterocycles. The van der Waals surface area contributed by atoms with Crippen molar-refractivity contribution in [2.24, 2.45) is 10.9 Å². The van der Waals surface area contributed by atoms with Crippen molar-refractivity contribution in [3.63, 3.8) is 0 Å². The first-order chi connectivity index (χ1) is 15.4. The monoisotopic (exact) mass is 434 g/mol. The Balaban J connectivity index is 1.39. The van der Waals surface area contributed by atoms with Crippen LogP contribution in [0.2, 0.25) is 0 Å². The molecule has 9 heteroatoms. The fourth-order valence-corrected chi connectivity index (χ4v) is 3.21. The van der Waals surface area contributed by atoms with Crippen LogP contribution in [0.4, 0.5) is 4.39 Å². The van der Waals surface area contributed by atoms with Crippen LogP contribution in [0.1, 0.15) is 34.0 Å². The summed E-state index contributed by atoms with van der Waals surface area (Å²) in [5.74, 6) is 0.371. The first-order valence-corrected chi connectivity index (χ1v) is 10.0. The van der Waals surface area contributed by atoms with Crippen molar-refractivity contribution >= 4 is 5.84 Å². The van der Waals surface area contributed by atoms with Crippen LogP contribution in [-0.2, 0) is 18.0 Å². The average molecular weight is 434 g/mol. The SMILES string of the molecule is Cc1cc(C)n(Cc2cccc(/C(N)=N/OCc3nc(-c4ccc(C)c(F)c4)no3)c2)n1. The molecule has 0 aliphatic carbocycles. The molecule has 2 aromatic heterocycles. The minimum Gasteiger partial charge on any atom is -0.384 e. The molecule has 0 amide bonds. The predicted octanol–water partition coefficient (Wildman–Crippen LogP) is 3.88. The number of aromatic nitrogens is 4. The van der Waals surface area contributed by atoms with E-state index in [1.807, 2.05) is 48.9 Å². The smallest absolute Gasteiger partial charge is 0.267 e. The topological polar surface area (TPSA) is 104 Å². The van der Waals surface area contributed by atoms with Gasteiger partial charge in [-0.3, -0.25) is 4.68 Å². The highest BCUT2D eigenvalue weighted by molar-refractivity contribution is 5.97. The lowest BCUT2D eigenvalue weighted by molar-refractivity contribution is 0.105. The van der Waals surface area contributed by atoms with Crippen LogP contribution in [0.3, 0.4) is 0 Å². The molecule has 32 heavy (non-hydrogen) atoms. The second-order valence-corrected chi connectivity index (χ2v) is 7.51. The molecular weight excluding hydrogens is 411 g/mol. The molecule has 0 saturated heterocycles. The summed E-state index contributed by atoms with van der Waals surface area (Å²) in [7, 11) is 0. The Hall–Kier alpha value is -4.01. The minimum atomic E-state index is -0.331. The van der Waals surface area contributed by atoms with Crippen molar-refractivity contribution < 1.29 is 13.8 Å². The maximum absolute atomic E-state index is 13.7. The molecule has 0 saturated carbocycles. The Labute approximate surface area is 184 Å². The van der Waals surface area contributed by atoms with E-state index in [2.05, 4.69) is 20.4 Å². The molecule has 2 N–H and O–H groups in total. The molecule has 164 valence electrons. The van der Waals surface area contributed by atoms with E-state index < -0.39 is 0 Å². The lowest BCUT2D eigenvalue weighted by Gasteiger charge is -2.07. The fourth-order valence-electron chi connectivity index (χ4n) is 3.21. The molecule has 2 heterocycles. The van der Waals surface area contributed by atoms with Gasteiger partial charge in [-0.2, -0.15) is 10.1 Å². The van der Waals surface area contributed by atoms with Crippen molar-refractivity contribution in [3.8, 4) is 11.4 Å². The van der Waals surface area contributed by atoms with Gasteiger partial charge >= 0.3 is 0 Å². The summed E-state index contributed by atoms with van der Waals surface area (Å²) in [6.45, 7) is 6.24. The first-order valence-electron chi connectivity index (χ1n) is 10.0. The zero-order valence-electron chi connectivity index (χ0n) is 18.0. The van der Waals surface area contributed by atoms with Gasteiger partial charge in [-0.05, 0) is 50.1 Å². The predicted molar refractivity (Wildman–Crippen MR) is 117 cm³/mol. The molecular formula is C23H23FN6O2. The van der Waals surface area contributed by atoms with Crippen molar-refractivity contribution in [3.05, 3.63) is 88.3 Å². The molecule has 2 aromatic carbocycles. The van der Waals surface area contributed by atoms with E-state index in [1.165, 1.54) is 6.07 Å². The molecule has 0 bridgehead atoms. The van der Waals surface area contributed by atoms with E-state index in [1.54, 1.807) is 19.1 Å². The quantitative estimate of drug-likeness (QED) is 0.269. The van der Waals surface area contributed by atoms with Crippen molar-refractivity contribution in [2.45, 2.75) is 33.9 Å². The summed E-state index contributed by atoms with van der Waals surface area (Å²) in [6.07, 6.45) is 0. The molecule has 0 unspecified atom stereocenters. The zero-order chi connectivity index (χ0) is 22.7. The minimum absolute atomic E-state index is 0.0620. The van der Waals surface area contributed by atoms with E-state index in [9.17, 15) is 4.39 Å². The Bertz CT molecular complexity index is 1280. The summed E-state index contributed by atoms with van der Waals surface area (Å²) in [6, 6.07) is 14.5. The van der Waals surface area contributed by atoms with Crippen LogP contribution >= 0.6 is 0 Å². The summed E-state index contributed by atoms with van der Waals surface area (Å²) < 4.78 is 20.8. The molecule has 4 rings (SSSR count). The average Bonchev–Trinajstić information content (AvgIpc) is 3.36. The lowest BCUT2D eigenvalue weighted by Crippen LogP contribution is -2.14. The van der Waals surface area contributed by atoms with E-state index in [-0.39, 0.29) is 30.0 Å². The maximum Gasteiger partial charge on any atom is 0.267 e. The Morgan fingerprint density at radius 3 is 2.75 bits per heavy atom. The van der Waals surface area contributed by atoms with Crippen molar-refractivity contribution in [2.75, 3.05) is 0 Å². The van der Waals surface area contributed by atoms with Gasteiger partial charge in [-0.15, -0.1) is 0 Å². The number of nitrogens with zero attached hydrogens (tertiary/aromatic N) is 5. The summed E-state index contributed by atoms with van der Waals surface area (Å²) >= 11 is 0. The fraction of sp³-hybridized carbons (Fsp3) is 0.217. The Kier molecular flexibility index (Phi) is 5.98. The Morgan fingerprint density at radius 1 is 1.16 bits per heavy atom. The number of hydrogen-bond donors (Lipinski definition) is 1. The third-order valence-electron chi connectivity index (χ3n) is 4.91. The Morgan fingerprint density at radius 2 is 2.00 bits per heavy atom. The van der Waals surface area contributed by atoms with Crippen LogP contribution in [0.25, 0.3) is 11.4 Å². The largest absolute Gasteiger partial charge is 0.384 e. The van der Waals surface area contributed by atoms with Crippen LogP contribution in [0.5, 0.6) is 0 Å². The summed E-state index contributed by atoms with van der Waals surface area (Å²) in [5.41, 5.74) is 11.0. The number of hydrogen-bond acceptors (Lipinski definition) is 6. The third-order valence-corrected chi connectivity index (χ3v) is 4.91. The number of nitrogens with two attached hydrogens (primary N) is 1. The highest BCUT2D eigenvalue weighted by atomic mass is 19.1.